The van der Waals surface area contributed by atoms with Crippen molar-refractivity contribution >= 4 is 29.1 Å². The average Bonchev–Trinajstić information content (AvgIpc) is 2.60. The quantitative estimate of drug-likeness (QED) is 0.818. The maximum absolute atomic E-state index is 12.1. The Labute approximate surface area is 152 Å². The van der Waals surface area contributed by atoms with Crippen LogP contribution in [-0.2, 0) is 16.1 Å². The van der Waals surface area contributed by atoms with E-state index in [1.807, 2.05) is 12.1 Å². The van der Waals surface area contributed by atoms with Crippen LogP contribution < -0.4 is 10.1 Å². The lowest BCUT2D eigenvalue weighted by molar-refractivity contribution is -0.129. The van der Waals surface area contributed by atoms with Crippen molar-refractivity contribution in [3.8, 4) is 5.75 Å². The van der Waals surface area contributed by atoms with Gasteiger partial charge in [0.15, 0.2) is 0 Å². The Bertz CT molecular complexity index is 732. The molecule has 5 nitrogen and oxygen atoms in total. The second-order valence-electron chi connectivity index (χ2n) is 5.60. The smallest absolute Gasteiger partial charge is 0.226 e. The first-order valence-electron chi connectivity index (χ1n) is 7.92. The van der Waals surface area contributed by atoms with Crippen LogP contribution in [0.1, 0.15) is 18.9 Å². The molecule has 132 valence electrons. The number of rotatable bonds is 7. The second kappa shape index (κ2) is 9.08. The van der Waals surface area contributed by atoms with Crippen LogP contribution in [0.2, 0.25) is 5.02 Å². The number of nitrogens with zero attached hydrogens (tertiary/aromatic N) is 1. The van der Waals surface area contributed by atoms with Gasteiger partial charge in [0.1, 0.15) is 5.75 Å². The largest absolute Gasteiger partial charge is 0.497 e. The summed E-state index contributed by atoms with van der Waals surface area (Å²) < 4.78 is 5.13. The van der Waals surface area contributed by atoms with Gasteiger partial charge in [-0.05, 0) is 29.8 Å². The van der Waals surface area contributed by atoms with E-state index in [9.17, 15) is 9.59 Å². The number of carbonyl (C=O) groups excluding carboxylic acids is 2. The van der Waals surface area contributed by atoms with Gasteiger partial charge in [0, 0.05) is 43.2 Å². The molecule has 0 heterocycles. The second-order valence-corrected chi connectivity index (χ2v) is 6.03. The third-order valence-corrected chi connectivity index (χ3v) is 3.95. The maximum Gasteiger partial charge on any atom is 0.226 e. The van der Waals surface area contributed by atoms with Gasteiger partial charge >= 0.3 is 0 Å². The van der Waals surface area contributed by atoms with Crippen LogP contribution in [0.3, 0.4) is 0 Å². The van der Waals surface area contributed by atoms with Crippen LogP contribution in [0, 0.1) is 0 Å². The summed E-state index contributed by atoms with van der Waals surface area (Å²) in [6.07, 6.45) is 0.213. The SMILES string of the molecule is COc1cccc(NC(=O)CCN(Cc2ccc(Cl)cc2)C(C)=O)c1. The van der Waals surface area contributed by atoms with Crippen molar-refractivity contribution < 1.29 is 14.3 Å². The van der Waals surface area contributed by atoms with Crippen LogP contribution in [0.5, 0.6) is 5.75 Å². The molecular formula is C19H21ClN2O3. The number of methoxy groups -OCH3 is 1. The zero-order valence-electron chi connectivity index (χ0n) is 14.3. The van der Waals surface area contributed by atoms with Crippen molar-refractivity contribution in [2.24, 2.45) is 0 Å². The summed E-state index contributed by atoms with van der Waals surface area (Å²) in [5.74, 6) is 0.436. The predicted molar refractivity (Wildman–Crippen MR) is 98.8 cm³/mol. The minimum Gasteiger partial charge on any atom is -0.497 e. The Morgan fingerprint density at radius 2 is 1.88 bits per heavy atom. The lowest BCUT2D eigenvalue weighted by Gasteiger charge is -2.21. The molecule has 2 rings (SSSR count). The van der Waals surface area contributed by atoms with Crippen LogP contribution in [0.25, 0.3) is 0 Å². The highest BCUT2D eigenvalue weighted by Crippen LogP contribution is 2.17. The van der Waals surface area contributed by atoms with E-state index in [0.717, 1.165) is 5.56 Å². The summed E-state index contributed by atoms with van der Waals surface area (Å²) in [6.45, 7) is 2.28. The van der Waals surface area contributed by atoms with E-state index in [-0.39, 0.29) is 18.2 Å². The number of ether oxygens (including phenoxy) is 1. The predicted octanol–water partition coefficient (Wildman–Crippen LogP) is 3.73. The fourth-order valence-corrected chi connectivity index (χ4v) is 2.44. The third-order valence-electron chi connectivity index (χ3n) is 3.69. The van der Waals surface area contributed by atoms with Crippen molar-refractivity contribution in [1.82, 2.24) is 4.90 Å². The number of benzene rings is 2. The molecule has 0 unspecified atom stereocenters. The van der Waals surface area contributed by atoms with Gasteiger partial charge in [0.25, 0.3) is 0 Å². The van der Waals surface area contributed by atoms with E-state index in [1.54, 1.807) is 48.4 Å². The number of nitrogens with one attached hydrogen (secondary N) is 1. The van der Waals surface area contributed by atoms with Crippen molar-refractivity contribution in [1.29, 1.82) is 0 Å². The summed E-state index contributed by atoms with van der Waals surface area (Å²) in [4.78, 5) is 25.6. The Morgan fingerprint density at radius 3 is 2.52 bits per heavy atom. The fourth-order valence-electron chi connectivity index (χ4n) is 2.32. The molecular weight excluding hydrogens is 340 g/mol. The van der Waals surface area contributed by atoms with E-state index in [4.69, 9.17) is 16.3 Å². The lowest BCUT2D eigenvalue weighted by Crippen LogP contribution is -2.31. The molecule has 2 aromatic rings. The van der Waals surface area contributed by atoms with E-state index in [0.29, 0.717) is 29.5 Å². The van der Waals surface area contributed by atoms with Crippen LogP contribution in [0.15, 0.2) is 48.5 Å². The molecule has 0 aliphatic carbocycles. The first kappa shape index (κ1) is 18.8. The number of hydrogen-bond donors (Lipinski definition) is 1. The van der Waals surface area contributed by atoms with Crippen LogP contribution in [-0.4, -0.2) is 30.4 Å². The molecule has 0 aliphatic heterocycles. The molecule has 2 amide bonds. The molecule has 1 N–H and O–H groups in total. The average molecular weight is 361 g/mol. The molecule has 0 spiro atoms. The summed E-state index contributed by atoms with van der Waals surface area (Å²) >= 11 is 5.87. The minimum atomic E-state index is -0.157. The summed E-state index contributed by atoms with van der Waals surface area (Å²) in [7, 11) is 1.57. The summed E-state index contributed by atoms with van der Waals surface area (Å²) in [5.41, 5.74) is 1.63. The minimum absolute atomic E-state index is 0.0795. The highest BCUT2D eigenvalue weighted by Gasteiger charge is 2.12. The normalized spacial score (nSPS) is 10.2. The van der Waals surface area contributed by atoms with E-state index in [2.05, 4.69) is 5.32 Å². The van der Waals surface area contributed by atoms with E-state index < -0.39 is 0 Å². The topological polar surface area (TPSA) is 58.6 Å². The van der Waals surface area contributed by atoms with Crippen molar-refractivity contribution in [2.45, 2.75) is 19.9 Å². The zero-order chi connectivity index (χ0) is 18.2. The highest BCUT2D eigenvalue weighted by atomic mass is 35.5. The molecule has 0 atom stereocenters. The molecule has 0 fully saturated rings. The van der Waals surface area contributed by atoms with Gasteiger partial charge in [-0.1, -0.05) is 29.8 Å². The molecule has 25 heavy (non-hydrogen) atoms. The van der Waals surface area contributed by atoms with Gasteiger partial charge in [-0.3, -0.25) is 9.59 Å². The Kier molecular flexibility index (Phi) is 6.83. The first-order chi connectivity index (χ1) is 12.0. The van der Waals surface area contributed by atoms with E-state index in [1.165, 1.54) is 6.92 Å². The Morgan fingerprint density at radius 1 is 1.16 bits per heavy atom. The van der Waals surface area contributed by atoms with Gasteiger partial charge in [-0.25, -0.2) is 0 Å². The number of halogens is 1. The third kappa shape index (κ3) is 6.12. The fraction of sp³-hybridized carbons (Fsp3) is 0.263. The van der Waals surface area contributed by atoms with Crippen LogP contribution in [0.4, 0.5) is 5.69 Å². The Hall–Kier alpha value is -2.53. The monoisotopic (exact) mass is 360 g/mol. The van der Waals surface area contributed by atoms with Crippen molar-refractivity contribution in [3.63, 3.8) is 0 Å². The van der Waals surface area contributed by atoms with Gasteiger partial charge in [-0.15, -0.1) is 0 Å². The van der Waals surface area contributed by atoms with Gasteiger partial charge in [-0.2, -0.15) is 0 Å². The molecule has 2 aromatic carbocycles. The standard InChI is InChI=1S/C19H21ClN2O3/c1-14(23)22(13-15-6-8-16(20)9-7-15)11-10-19(24)21-17-4-3-5-18(12-17)25-2/h3-9,12H,10-11,13H2,1-2H3,(H,21,24). The molecule has 6 heteroatoms. The lowest BCUT2D eigenvalue weighted by atomic mass is 10.2. The number of hydrogen-bond acceptors (Lipinski definition) is 3. The maximum atomic E-state index is 12.1. The number of anilines is 1. The molecule has 0 bridgehead atoms. The molecule has 0 radical (unpaired) electrons. The molecule has 0 saturated carbocycles. The highest BCUT2D eigenvalue weighted by molar-refractivity contribution is 6.30. The molecule has 0 saturated heterocycles. The number of carbonyl (C=O) groups is 2. The molecule has 0 aromatic heterocycles. The number of amides is 2. The van der Waals surface area contributed by atoms with E-state index >= 15 is 0 Å². The zero-order valence-corrected chi connectivity index (χ0v) is 15.0. The Balaban J connectivity index is 1.90. The summed E-state index contributed by atoms with van der Waals surface area (Å²) in [6, 6.07) is 14.4. The van der Waals surface area contributed by atoms with Crippen molar-refractivity contribution in [2.75, 3.05) is 19.0 Å². The van der Waals surface area contributed by atoms with Gasteiger partial charge in [0.05, 0.1) is 7.11 Å². The summed E-state index contributed by atoms with van der Waals surface area (Å²) in [5, 5.41) is 3.46. The van der Waals surface area contributed by atoms with Crippen molar-refractivity contribution in [3.05, 3.63) is 59.1 Å². The van der Waals surface area contributed by atoms with Gasteiger partial charge < -0.3 is 15.0 Å². The van der Waals surface area contributed by atoms with Crippen LogP contribution >= 0.6 is 11.6 Å². The molecule has 0 aliphatic rings. The van der Waals surface area contributed by atoms with Gasteiger partial charge in [0.2, 0.25) is 11.8 Å². The first-order valence-corrected chi connectivity index (χ1v) is 8.29.